The minimum atomic E-state index is 0.394. The summed E-state index contributed by atoms with van der Waals surface area (Å²) in [6.45, 7) is 10.3. The Morgan fingerprint density at radius 1 is 0.950 bits per heavy atom. The van der Waals surface area contributed by atoms with Crippen molar-refractivity contribution in [3.05, 3.63) is 0 Å². The molecule has 20 heavy (non-hydrogen) atoms. The topological polar surface area (TPSA) is 23.6 Å². The maximum atomic E-state index is 12.1. The quantitative estimate of drug-likeness (QED) is 0.771. The van der Waals surface area contributed by atoms with Gasteiger partial charge in [0.15, 0.2) is 0 Å². The van der Waals surface area contributed by atoms with Gasteiger partial charge in [0.1, 0.15) is 0 Å². The Bertz CT molecular complexity index is 298. The molecule has 0 aromatic rings. The van der Waals surface area contributed by atoms with Crippen molar-refractivity contribution < 1.29 is 4.79 Å². The molecule has 0 atom stereocenters. The lowest BCUT2D eigenvalue weighted by Crippen LogP contribution is -2.48. The van der Waals surface area contributed by atoms with Gasteiger partial charge in [-0.2, -0.15) is 0 Å². The van der Waals surface area contributed by atoms with Crippen molar-refractivity contribution in [2.24, 2.45) is 5.41 Å². The lowest BCUT2D eigenvalue weighted by atomic mass is 9.71. The second-order valence-electron chi connectivity index (χ2n) is 6.83. The summed E-state index contributed by atoms with van der Waals surface area (Å²) in [5.41, 5.74) is 0.561. The van der Waals surface area contributed by atoms with Crippen LogP contribution >= 0.6 is 0 Å². The zero-order valence-electron chi connectivity index (χ0n) is 13.5. The van der Waals surface area contributed by atoms with E-state index in [4.69, 9.17) is 0 Å². The Morgan fingerprint density at radius 2 is 1.55 bits per heavy atom. The molecule has 0 aromatic carbocycles. The van der Waals surface area contributed by atoms with Gasteiger partial charge in [0.2, 0.25) is 5.91 Å². The number of unbranched alkanes of at least 4 members (excludes halogenated alkanes) is 1. The van der Waals surface area contributed by atoms with Crippen molar-refractivity contribution in [1.82, 2.24) is 9.80 Å². The third-order valence-corrected chi connectivity index (χ3v) is 5.38. The van der Waals surface area contributed by atoms with Crippen molar-refractivity contribution in [3.8, 4) is 0 Å². The van der Waals surface area contributed by atoms with Crippen LogP contribution in [0.15, 0.2) is 0 Å². The monoisotopic (exact) mass is 280 g/mol. The molecule has 2 aliphatic heterocycles. The number of likely N-dealkylation sites (tertiary alicyclic amines) is 2. The third-order valence-electron chi connectivity index (χ3n) is 5.38. The average molecular weight is 280 g/mol. The predicted molar refractivity (Wildman–Crippen MR) is 83.7 cm³/mol. The molecule has 0 aromatic heterocycles. The fourth-order valence-electron chi connectivity index (χ4n) is 3.78. The first-order valence-corrected chi connectivity index (χ1v) is 8.69. The molecule has 3 heteroatoms. The Labute approximate surface area is 124 Å². The van der Waals surface area contributed by atoms with E-state index in [1.54, 1.807) is 0 Å². The van der Waals surface area contributed by atoms with Crippen LogP contribution in [0.25, 0.3) is 0 Å². The van der Waals surface area contributed by atoms with Crippen molar-refractivity contribution in [3.63, 3.8) is 0 Å². The molecule has 1 amide bonds. The molecule has 116 valence electrons. The van der Waals surface area contributed by atoms with Gasteiger partial charge < -0.3 is 9.80 Å². The van der Waals surface area contributed by atoms with E-state index in [-0.39, 0.29) is 0 Å². The fraction of sp³-hybridized carbons (Fsp3) is 0.941. The van der Waals surface area contributed by atoms with Crippen molar-refractivity contribution in [2.45, 2.75) is 65.2 Å². The van der Waals surface area contributed by atoms with Crippen LogP contribution in [0.1, 0.15) is 65.2 Å². The summed E-state index contributed by atoms with van der Waals surface area (Å²) in [7, 11) is 0. The molecule has 3 nitrogen and oxygen atoms in total. The normalized spacial score (nSPS) is 23.2. The summed E-state index contributed by atoms with van der Waals surface area (Å²) >= 11 is 0. The molecule has 2 aliphatic rings. The number of hydrogen-bond acceptors (Lipinski definition) is 2. The number of hydrogen-bond donors (Lipinski definition) is 0. The van der Waals surface area contributed by atoms with Gasteiger partial charge in [0.05, 0.1) is 0 Å². The first kappa shape index (κ1) is 15.8. The molecule has 2 fully saturated rings. The molecular weight excluding hydrogens is 248 g/mol. The summed E-state index contributed by atoms with van der Waals surface area (Å²) in [6, 6.07) is 0. The first-order chi connectivity index (χ1) is 9.69. The summed E-state index contributed by atoms with van der Waals surface area (Å²) in [4.78, 5) is 16.8. The Kier molecular flexibility index (Phi) is 5.88. The Morgan fingerprint density at radius 3 is 2.10 bits per heavy atom. The van der Waals surface area contributed by atoms with Gasteiger partial charge in [-0.1, -0.05) is 20.3 Å². The van der Waals surface area contributed by atoms with E-state index < -0.39 is 0 Å². The molecule has 2 rings (SSSR count). The molecular formula is C17H32N2O. The SMILES string of the molecule is CCCCC(=O)N1CCC2(CCN(CCC)CC2)CC1. The molecule has 2 heterocycles. The summed E-state index contributed by atoms with van der Waals surface area (Å²) in [5.74, 6) is 0.394. The number of carbonyl (C=O) groups is 1. The molecule has 0 bridgehead atoms. The number of amides is 1. The second-order valence-corrected chi connectivity index (χ2v) is 6.83. The molecule has 0 N–H and O–H groups in total. The second kappa shape index (κ2) is 7.44. The number of piperidine rings is 2. The van der Waals surface area contributed by atoms with Crippen LogP contribution < -0.4 is 0 Å². The van der Waals surface area contributed by atoms with Crippen LogP contribution in [-0.2, 0) is 4.79 Å². The molecule has 2 saturated heterocycles. The lowest BCUT2D eigenvalue weighted by molar-refractivity contribution is -0.134. The standard InChI is InChI=1S/C17H32N2O/c1-3-5-6-16(20)19-14-9-17(10-15-19)7-12-18(11-4-2)13-8-17/h3-15H2,1-2H3. The highest BCUT2D eigenvalue weighted by atomic mass is 16.2. The van der Waals surface area contributed by atoms with Gasteiger partial charge >= 0.3 is 0 Å². The molecule has 0 aliphatic carbocycles. The Hall–Kier alpha value is -0.570. The van der Waals surface area contributed by atoms with E-state index >= 15 is 0 Å². The maximum Gasteiger partial charge on any atom is 0.222 e. The molecule has 0 radical (unpaired) electrons. The predicted octanol–water partition coefficient (Wildman–Crippen LogP) is 3.29. The van der Waals surface area contributed by atoms with Gasteiger partial charge in [0.25, 0.3) is 0 Å². The van der Waals surface area contributed by atoms with E-state index in [1.165, 1.54) is 51.7 Å². The van der Waals surface area contributed by atoms with E-state index in [1.807, 2.05) is 0 Å². The number of carbonyl (C=O) groups excluding carboxylic acids is 1. The molecule has 1 spiro atoms. The van der Waals surface area contributed by atoms with E-state index in [0.717, 1.165) is 32.4 Å². The zero-order chi connectivity index (χ0) is 14.4. The highest BCUT2D eigenvalue weighted by Crippen LogP contribution is 2.41. The van der Waals surface area contributed by atoms with Gasteiger partial charge in [-0.15, -0.1) is 0 Å². The zero-order valence-corrected chi connectivity index (χ0v) is 13.5. The molecule has 0 saturated carbocycles. The van der Waals surface area contributed by atoms with Crippen molar-refractivity contribution in [2.75, 3.05) is 32.7 Å². The first-order valence-electron chi connectivity index (χ1n) is 8.69. The van der Waals surface area contributed by atoms with Crippen molar-refractivity contribution >= 4 is 5.91 Å². The van der Waals surface area contributed by atoms with E-state index in [9.17, 15) is 4.79 Å². The van der Waals surface area contributed by atoms with E-state index in [0.29, 0.717) is 11.3 Å². The van der Waals surface area contributed by atoms with Crippen molar-refractivity contribution in [1.29, 1.82) is 0 Å². The van der Waals surface area contributed by atoms with Crippen LogP contribution in [0.4, 0.5) is 0 Å². The minimum Gasteiger partial charge on any atom is -0.343 e. The number of rotatable bonds is 5. The largest absolute Gasteiger partial charge is 0.343 e. The number of nitrogens with zero attached hydrogens (tertiary/aromatic N) is 2. The average Bonchev–Trinajstić information content (AvgIpc) is 2.48. The smallest absolute Gasteiger partial charge is 0.222 e. The van der Waals surface area contributed by atoms with Crippen LogP contribution in [-0.4, -0.2) is 48.4 Å². The fourth-order valence-corrected chi connectivity index (χ4v) is 3.78. The van der Waals surface area contributed by atoms with Gasteiger partial charge in [-0.05, 0) is 63.6 Å². The van der Waals surface area contributed by atoms with Crippen LogP contribution in [0.5, 0.6) is 0 Å². The van der Waals surface area contributed by atoms with Crippen LogP contribution in [0.2, 0.25) is 0 Å². The highest BCUT2D eigenvalue weighted by molar-refractivity contribution is 5.76. The third kappa shape index (κ3) is 3.97. The lowest BCUT2D eigenvalue weighted by Gasteiger charge is -2.47. The summed E-state index contributed by atoms with van der Waals surface area (Å²) in [6.07, 6.45) is 9.38. The van der Waals surface area contributed by atoms with Gasteiger partial charge in [-0.25, -0.2) is 0 Å². The maximum absolute atomic E-state index is 12.1. The van der Waals surface area contributed by atoms with Crippen LogP contribution in [0, 0.1) is 5.41 Å². The van der Waals surface area contributed by atoms with Gasteiger partial charge in [0, 0.05) is 19.5 Å². The minimum absolute atomic E-state index is 0.394. The van der Waals surface area contributed by atoms with E-state index in [2.05, 4.69) is 23.6 Å². The highest BCUT2D eigenvalue weighted by Gasteiger charge is 2.38. The molecule has 0 unspecified atom stereocenters. The summed E-state index contributed by atoms with van der Waals surface area (Å²) < 4.78 is 0. The summed E-state index contributed by atoms with van der Waals surface area (Å²) in [5, 5.41) is 0. The van der Waals surface area contributed by atoms with Crippen LogP contribution in [0.3, 0.4) is 0 Å². The Balaban J connectivity index is 1.75. The van der Waals surface area contributed by atoms with Gasteiger partial charge in [-0.3, -0.25) is 4.79 Å².